The third-order valence-electron chi connectivity index (χ3n) is 2.25. The van der Waals surface area contributed by atoms with E-state index in [2.05, 4.69) is 5.10 Å². The average molecular weight is 248 g/mol. The molecule has 0 radical (unpaired) electrons. The Morgan fingerprint density at radius 1 is 1.44 bits per heavy atom. The second-order valence-electron chi connectivity index (χ2n) is 3.47. The van der Waals surface area contributed by atoms with Gasteiger partial charge in [0.1, 0.15) is 11.4 Å². The molecule has 18 heavy (non-hydrogen) atoms. The maximum atomic E-state index is 10.4. The highest BCUT2D eigenvalue weighted by molar-refractivity contribution is 5.68. The van der Waals surface area contributed by atoms with E-state index in [1.54, 1.807) is 18.0 Å². The first-order valence-electron chi connectivity index (χ1n) is 5.23. The fraction of sp³-hybridized carbons (Fsp3) is 0.167. The number of hydrogen-bond acceptors (Lipinski definition) is 4. The third-order valence-corrected chi connectivity index (χ3v) is 2.25. The normalized spacial score (nSPS) is 10.1. The number of rotatable bonds is 5. The zero-order valence-electron chi connectivity index (χ0n) is 9.74. The predicted octanol–water partition coefficient (Wildman–Crippen LogP) is 1.34. The number of methoxy groups -OCH3 is 1. The lowest BCUT2D eigenvalue weighted by molar-refractivity contribution is -0.139. The maximum absolute atomic E-state index is 10.4. The smallest absolute Gasteiger partial charge is 0.341 e. The lowest BCUT2D eigenvalue weighted by Crippen LogP contribution is -2.08. The molecular formula is C12H12N2O4. The van der Waals surface area contributed by atoms with Crippen LogP contribution < -0.4 is 9.47 Å². The Kier molecular flexibility index (Phi) is 3.47. The average Bonchev–Trinajstić information content (AvgIpc) is 2.85. The molecule has 94 valence electrons. The van der Waals surface area contributed by atoms with Crippen molar-refractivity contribution in [2.75, 3.05) is 13.7 Å². The van der Waals surface area contributed by atoms with Crippen LogP contribution in [-0.4, -0.2) is 34.6 Å². The van der Waals surface area contributed by atoms with Crippen LogP contribution in [0.5, 0.6) is 11.5 Å². The molecule has 2 aromatic rings. The zero-order valence-corrected chi connectivity index (χ0v) is 9.74. The topological polar surface area (TPSA) is 73.6 Å². The Morgan fingerprint density at radius 2 is 2.22 bits per heavy atom. The standard InChI is InChI=1S/C12H12N2O4/c1-17-11-5-3-2-4-10(11)14-7-9(6-13-14)18-8-12(15)16/h2-7H,8H2,1H3,(H,15,16). The Hall–Kier alpha value is -2.50. The molecule has 0 saturated heterocycles. The molecule has 0 spiro atoms. The molecule has 0 amide bonds. The lowest BCUT2D eigenvalue weighted by atomic mass is 10.3. The minimum Gasteiger partial charge on any atom is -0.494 e. The predicted molar refractivity (Wildman–Crippen MR) is 63.2 cm³/mol. The largest absolute Gasteiger partial charge is 0.494 e. The number of benzene rings is 1. The van der Waals surface area contributed by atoms with Crippen molar-refractivity contribution < 1.29 is 19.4 Å². The molecule has 1 aromatic carbocycles. The van der Waals surface area contributed by atoms with Gasteiger partial charge in [0.15, 0.2) is 12.4 Å². The molecule has 1 aromatic heterocycles. The number of aliphatic carboxylic acids is 1. The van der Waals surface area contributed by atoms with Gasteiger partial charge in [0.2, 0.25) is 0 Å². The van der Waals surface area contributed by atoms with Crippen LogP contribution in [0.3, 0.4) is 0 Å². The first kappa shape index (κ1) is 12.0. The van der Waals surface area contributed by atoms with Crippen LogP contribution in [0.4, 0.5) is 0 Å². The molecular weight excluding hydrogens is 236 g/mol. The number of aromatic nitrogens is 2. The maximum Gasteiger partial charge on any atom is 0.341 e. The molecule has 0 aliphatic carbocycles. The Labute approximate surface area is 103 Å². The summed E-state index contributed by atoms with van der Waals surface area (Å²) in [5.41, 5.74) is 0.755. The number of nitrogens with zero attached hydrogens (tertiary/aromatic N) is 2. The molecule has 1 heterocycles. The number of ether oxygens (including phenoxy) is 2. The molecule has 0 bridgehead atoms. The third kappa shape index (κ3) is 2.60. The Bertz CT molecular complexity index is 551. The number of para-hydroxylation sites is 2. The molecule has 2 rings (SSSR count). The Morgan fingerprint density at radius 3 is 2.94 bits per heavy atom. The van der Waals surface area contributed by atoms with Crippen molar-refractivity contribution in [1.82, 2.24) is 9.78 Å². The zero-order chi connectivity index (χ0) is 13.0. The van der Waals surface area contributed by atoms with Gasteiger partial charge >= 0.3 is 5.97 Å². The van der Waals surface area contributed by atoms with Crippen LogP contribution in [-0.2, 0) is 4.79 Å². The highest BCUT2D eigenvalue weighted by Crippen LogP contribution is 2.23. The Balaban J connectivity index is 2.21. The van der Waals surface area contributed by atoms with Gasteiger partial charge in [0.25, 0.3) is 0 Å². The van der Waals surface area contributed by atoms with Gasteiger partial charge in [-0.1, -0.05) is 12.1 Å². The van der Waals surface area contributed by atoms with Gasteiger partial charge in [-0.2, -0.15) is 5.10 Å². The second kappa shape index (κ2) is 5.22. The van der Waals surface area contributed by atoms with Gasteiger partial charge in [0, 0.05) is 0 Å². The van der Waals surface area contributed by atoms with Crippen LogP contribution in [0.2, 0.25) is 0 Å². The van der Waals surface area contributed by atoms with Gasteiger partial charge in [-0.15, -0.1) is 0 Å². The van der Waals surface area contributed by atoms with Crippen molar-refractivity contribution in [2.45, 2.75) is 0 Å². The van der Waals surface area contributed by atoms with Crippen LogP contribution in [0.1, 0.15) is 0 Å². The molecule has 0 atom stereocenters. The van der Waals surface area contributed by atoms with E-state index in [0.717, 1.165) is 5.69 Å². The van der Waals surface area contributed by atoms with Crippen LogP contribution in [0, 0.1) is 0 Å². The van der Waals surface area contributed by atoms with Gasteiger partial charge in [-0.25, -0.2) is 9.48 Å². The summed E-state index contributed by atoms with van der Waals surface area (Å²) in [5, 5.41) is 12.6. The van der Waals surface area contributed by atoms with E-state index in [0.29, 0.717) is 11.5 Å². The monoisotopic (exact) mass is 248 g/mol. The highest BCUT2D eigenvalue weighted by Gasteiger charge is 2.07. The minimum atomic E-state index is -1.03. The van der Waals surface area contributed by atoms with E-state index >= 15 is 0 Å². The quantitative estimate of drug-likeness (QED) is 0.864. The molecule has 0 fully saturated rings. The summed E-state index contributed by atoms with van der Waals surface area (Å²) in [6.07, 6.45) is 3.05. The van der Waals surface area contributed by atoms with E-state index in [9.17, 15) is 4.79 Å². The fourth-order valence-electron chi connectivity index (χ4n) is 1.48. The van der Waals surface area contributed by atoms with Crippen molar-refractivity contribution in [3.8, 4) is 17.2 Å². The number of hydrogen-bond donors (Lipinski definition) is 1. The van der Waals surface area contributed by atoms with Gasteiger partial charge in [-0.05, 0) is 12.1 Å². The first-order chi connectivity index (χ1) is 8.70. The SMILES string of the molecule is COc1ccccc1-n1cc(OCC(=O)O)cn1. The summed E-state index contributed by atoms with van der Waals surface area (Å²) < 4.78 is 11.8. The van der Waals surface area contributed by atoms with E-state index in [1.807, 2.05) is 24.3 Å². The second-order valence-corrected chi connectivity index (χ2v) is 3.47. The van der Waals surface area contributed by atoms with Crippen molar-refractivity contribution >= 4 is 5.97 Å². The number of carbonyl (C=O) groups is 1. The van der Waals surface area contributed by atoms with Crippen LogP contribution in [0.25, 0.3) is 5.69 Å². The van der Waals surface area contributed by atoms with E-state index in [4.69, 9.17) is 14.6 Å². The summed E-state index contributed by atoms with van der Waals surface area (Å²) in [5.74, 6) is 0.0359. The van der Waals surface area contributed by atoms with E-state index < -0.39 is 12.6 Å². The molecule has 1 N–H and O–H groups in total. The van der Waals surface area contributed by atoms with Gasteiger partial charge < -0.3 is 14.6 Å². The van der Waals surface area contributed by atoms with Gasteiger partial charge in [-0.3, -0.25) is 0 Å². The molecule has 6 nitrogen and oxygen atoms in total. The van der Waals surface area contributed by atoms with Crippen LogP contribution >= 0.6 is 0 Å². The van der Waals surface area contributed by atoms with Crippen molar-refractivity contribution in [3.05, 3.63) is 36.7 Å². The summed E-state index contributed by atoms with van der Waals surface area (Å²) in [6.45, 7) is -0.391. The molecule has 6 heteroatoms. The molecule has 0 saturated carbocycles. The fourth-order valence-corrected chi connectivity index (χ4v) is 1.48. The summed E-state index contributed by atoms with van der Waals surface area (Å²) >= 11 is 0. The number of carboxylic acid groups (broad SMARTS) is 1. The highest BCUT2D eigenvalue weighted by atomic mass is 16.5. The van der Waals surface area contributed by atoms with E-state index in [-0.39, 0.29) is 0 Å². The molecule has 0 unspecified atom stereocenters. The van der Waals surface area contributed by atoms with Crippen molar-refractivity contribution in [2.24, 2.45) is 0 Å². The summed E-state index contributed by atoms with van der Waals surface area (Å²) in [6, 6.07) is 7.37. The van der Waals surface area contributed by atoms with E-state index in [1.165, 1.54) is 6.20 Å². The molecule has 0 aliphatic rings. The minimum absolute atomic E-state index is 0.391. The number of carboxylic acids is 1. The summed E-state index contributed by atoms with van der Waals surface area (Å²) in [7, 11) is 1.57. The van der Waals surface area contributed by atoms with Crippen molar-refractivity contribution in [1.29, 1.82) is 0 Å². The first-order valence-corrected chi connectivity index (χ1v) is 5.23. The lowest BCUT2D eigenvalue weighted by Gasteiger charge is -2.07. The summed E-state index contributed by atoms with van der Waals surface area (Å²) in [4.78, 5) is 10.4. The van der Waals surface area contributed by atoms with Crippen LogP contribution in [0.15, 0.2) is 36.7 Å². The van der Waals surface area contributed by atoms with Gasteiger partial charge in [0.05, 0.1) is 19.5 Å². The van der Waals surface area contributed by atoms with Crippen molar-refractivity contribution in [3.63, 3.8) is 0 Å². The molecule has 0 aliphatic heterocycles.